The Morgan fingerprint density at radius 1 is 1.00 bits per heavy atom. The number of aryl methyl sites for hydroxylation is 3. The summed E-state index contributed by atoms with van der Waals surface area (Å²) in [6.07, 6.45) is 0. The van der Waals surface area contributed by atoms with Crippen LogP contribution in [0, 0.1) is 26.6 Å². The number of hydrogen-bond acceptors (Lipinski definition) is 1. The predicted octanol–water partition coefficient (Wildman–Crippen LogP) is 4.82. The van der Waals surface area contributed by atoms with E-state index < -0.39 is 0 Å². The molecule has 0 radical (unpaired) electrons. The van der Waals surface area contributed by atoms with Crippen molar-refractivity contribution in [2.45, 2.75) is 26.8 Å². The van der Waals surface area contributed by atoms with Crippen LogP contribution in [0.25, 0.3) is 0 Å². The van der Waals surface area contributed by atoms with Crippen LogP contribution >= 0.6 is 15.9 Å². The first kappa shape index (κ1) is 15.2. The van der Waals surface area contributed by atoms with Crippen LogP contribution in [-0.4, -0.2) is 7.05 Å². The molecule has 3 heteroatoms. The molecule has 0 fully saturated rings. The van der Waals surface area contributed by atoms with Crippen LogP contribution in [0.5, 0.6) is 0 Å². The third-order valence-corrected chi connectivity index (χ3v) is 4.47. The van der Waals surface area contributed by atoms with E-state index >= 15 is 0 Å². The van der Waals surface area contributed by atoms with Gasteiger partial charge in [0.15, 0.2) is 0 Å². The van der Waals surface area contributed by atoms with Crippen molar-refractivity contribution in [2.75, 3.05) is 7.05 Å². The van der Waals surface area contributed by atoms with Crippen LogP contribution in [-0.2, 0) is 0 Å². The van der Waals surface area contributed by atoms with Gasteiger partial charge in [0.25, 0.3) is 0 Å². The SMILES string of the molecule is CNC(c1cc(C)c(Br)cc1C)c1ccc(C)cc1F. The maximum absolute atomic E-state index is 14.2. The highest BCUT2D eigenvalue weighted by molar-refractivity contribution is 9.10. The minimum Gasteiger partial charge on any atom is -0.309 e. The molecule has 0 spiro atoms. The van der Waals surface area contributed by atoms with E-state index in [1.165, 1.54) is 0 Å². The molecule has 1 nitrogen and oxygen atoms in total. The van der Waals surface area contributed by atoms with Crippen LogP contribution in [0.2, 0.25) is 0 Å². The van der Waals surface area contributed by atoms with Gasteiger partial charge in [0.2, 0.25) is 0 Å². The van der Waals surface area contributed by atoms with Crippen molar-refractivity contribution >= 4 is 15.9 Å². The van der Waals surface area contributed by atoms with Crippen molar-refractivity contribution in [1.82, 2.24) is 5.32 Å². The van der Waals surface area contributed by atoms with Crippen molar-refractivity contribution in [3.63, 3.8) is 0 Å². The van der Waals surface area contributed by atoms with Crippen molar-refractivity contribution in [3.05, 3.63) is 68.4 Å². The van der Waals surface area contributed by atoms with Gasteiger partial charge < -0.3 is 5.32 Å². The van der Waals surface area contributed by atoms with Crippen LogP contribution in [0.15, 0.2) is 34.8 Å². The molecule has 0 aliphatic carbocycles. The van der Waals surface area contributed by atoms with E-state index in [1.54, 1.807) is 6.07 Å². The summed E-state index contributed by atoms with van der Waals surface area (Å²) >= 11 is 3.54. The molecule has 2 aromatic rings. The highest BCUT2D eigenvalue weighted by Gasteiger charge is 2.18. The zero-order valence-corrected chi connectivity index (χ0v) is 13.8. The standard InChI is InChI=1S/C17H19BrFN/c1-10-5-6-13(16(19)7-10)17(20-4)14-8-12(3)15(18)9-11(14)2/h5-9,17,20H,1-4H3. The topological polar surface area (TPSA) is 12.0 Å². The lowest BCUT2D eigenvalue weighted by molar-refractivity contribution is 0.574. The van der Waals surface area contributed by atoms with E-state index in [0.29, 0.717) is 5.56 Å². The minimum absolute atomic E-state index is 0.137. The molecule has 0 saturated carbocycles. The van der Waals surface area contributed by atoms with Gasteiger partial charge in [0.05, 0.1) is 6.04 Å². The molecule has 20 heavy (non-hydrogen) atoms. The van der Waals surface area contributed by atoms with E-state index in [1.807, 2.05) is 33.0 Å². The molecule has 0 amide bonds. The lowest BCUT2D eigenvalue weighted by Gasteiger charge is -2.21. The summed E-state index contributed by atoms with van der Waals surface area (Å²) < 4.78 is 15.3. The van der Waals surface area contributed by atoms with Crippen LogP contribution in [0.4, 0.5) is 4.39 Å². The lowest BCUT2D eigenvalue weighted by atomic mass is 9.93. The molecule has 0 aromatic heterocycles. The van der Waals surface area contributed by atoms with Crippen LogP contribution in [0.3, 0.4) is 0 Å². The van der Waals surface area contributed by atoms with Gasteiger partial charge in [-0.1, -0.05) is 34.1 Å². The molecule has 0 saturated heterocycles. The van der Waals surface area contributed by atoms with E-state index in [4.69, 9.17) is 0 Å². The minimum atomic E-state index is -0.163. The number of benzene rings is 2. The van der Waals surface area contributed by atoms with Gasteiger partial charge in [-0.2, -0.15) is 0 Å². The molecule has 106 valence electrons. The predicted molar refractivity (Wildman–Crippen MR) is 85.7 cm³/mol. The summed E-state index contributed by atoms with van der Waals surface area (Å²) in [7, 11) is 1.86. The Labute approximate surface area is 128 Å². The van der Waals surface area contributed by atoms with Crippen molar-refractivity contribution in [1.29, 1.82) is 0 Å². The van der Waals surface area contributed by atoms with Crippen molar-refractivity contribution < 1.29 is 4.39 Å². The van der Waals surface area contributed by atoms with Gasteiger partial charge in [-0.25, -0.2) is 4.39 Å². The Kier molecular flexibility index (Phi) is 4.61. The first-order valence-corrected chi connectivity index (χ1v) is 7.43. The van der Waals surface area contributed by atoms with E-state index in [-0.39, 0.29) is 11.9 Å². The first-order valence-electron chi connectivity index (χ1n) is 6.64. The smallest absolute Gasteiger partial charge is 0.128 e. The van der Waals surface area contributed by atoms with Crippen LogP contribution in [0.1, 0.15) is 33.9 Å². The molecule has 0 aliphatic rings. The Hall–Kier alpha value is -1.19. The third-order valence-electron chi connectivity index (χ3n) is 3.61. The summed E-state index contributed by atoms with van der Waals surface area (Å²) in [5.41, 5.74) is 5.02. The zero-order chi connectivity index (χ0) is 14.9. The summed E-state index contributed by atoms with van der Waals surface area (Å²) in [4.78, 5) is 0. The molecule has 1 atom stereocenters. The van der Waals surface area contributed by atoms with E-state index in [2.05, 4.69) is 40.3 Å². The molecule has 1 N–H and O–H groups in total. The van der Waals surface area contributed by atoms with Gasteiger partial charge >= 0.3 is 0 Å². The molecule has 2 aromatic carbocycles. The summed E-state index contributed by atoms with van der Waals surface area (Å²) in [5.74, 6) is -0.163. The average molecular weight is 336 g/mol. The van der Waals surface area contributed by atoms with Crippen LogP contribution < -0.4 is 5.32 Å². The maximum Gasteiger partial charge on any atom is 0.128 e. The summed E-state index contributed by atoms with van der Waals surface area (Å²) in [6, 6.07) is 9.45. The zero-order valence-electron chi connectivity index (χ0n) is 12.2. The largest absolute Gasteiger partial charge is 0.309 e. The Bertz CT molecular complexity index is 637. The van der Waals surface area contributed by atoms with Gasteiger partial charge in [-0.3, -0.25) is 0 Å². The monoisotopic (exact) mass is 335 g/mol. The average Bonchev–Trinajstić information content (AvgIpc) is 2.38. The maximum atomic E-state index is 14.2. The third kappa shape index (κ3) is 2.94. The fourth-order valence-corrected chi connectivity index (χ4v) is 2.92. The molecule has 1 unspecified atom stereocenters. The van der Waals surface area contributed by atoms with Gasteiger partial charge in [0.1, 0.15) is 5.82 Å². The molecular formula is C17H19BrFN. The van der Waals surface area contributed by atoms with Crippen molar-refractivity contribution in [2.24, 2.45) is 0 Å². The molecule has 2 rings (SSSR count). The highest BCUT2D eigenvalue weighted by atomic mass is 79.9. The van der Waals surface area contributed by atoms with Crippen molar-refractivity contribution in [3.8, 4) is 0 Å². The van der Waals surface area contributed by atoms with E-state index in [0.717, 1.165) is 26.7 Å². The normalized spacial score (nSPS) is 12.5. The van der Waals surface area contributed by atoms with Gasteiger partial charge in [0, 0.05) is 10.0 Å². The second-order valence-corrected chi connectivity index (χ2v) is 6.06. The fourth-order valence-electron chi connectivity index (χ4n) is 2.46. The first-order chi connectivity index (χ1) is 9.43. The summed E-state index contributed by atoms with van der Waals surface area (Å²) in [5, 5.41) is 3.23. The second kappa shape index (κ2) is 6.06. The summed E-state index contributed by atoms with van der Waals surface area (Å²) in [6.45, 7) is 6.00. The Morgan fingerprint density at radius 2 is 1.70 bits per heavy atom. The lowest BCUT2D eigenvalue weighted by Crippen LogP contribution is -2.20. The Balaban J connectivity index is 2.55. The molecule has 0 heterocycles. The second-order valence-electron chi connectivity index (χ2n) is 5.20. The van der Waals surface area contributed by atoms with E-state index in [9.17, 15) is 4.39 Å². The molecular weight excluding hydrogens is 317 g/mol. The number of rotatable bonds is 3. The number of hydrogen-bond donors (Lipinski definition) is 1. The highest BCUT2D eigenvalue weighted by Crippen LogP contribution is 2.30. The fraction of sp³-hybridized carbons (Fsp3) is 0.294. The van der Waals surface area contributed by atoms with Gasteiger partial charge in [-0.05, 0) is 62.2 Å². The molecule has 0 bridgehead atoms. The molecule has 0 aliphatic heterocycles. The number of nitrogens with one attached hydrogen (secondary N) is 1. The van der Waals surface area contributed by atoms with Gasteiger partial charge in [-0.15, -0.1) is 0 Å². The number of halogens is 2. The quantitative estimate of drug-likeness (QED) is 0.847. The Morgan fingerprint density at radius 3 is 2.30 bits per heavy atom.